The first-order valence-corrected chi connectivity index (χ1v) is 8.50. The highest BCUT2D eigenvalue weighted by Crippen LogP contribution is 2.41. The number of halogens is 1. The average molecular weight is 350 g/mol. The van der Waals surface area contributed by atoms with Crippen molar-refractivity contribution in [1.29, 1.82) is 0 Å². The predicted molar refractivity (Wildman–Crippen MR) is 91.8 cm³/mol. The molecule has 0 bridgehead atoms. The van der Waals surface area contributed by atoms with E-state index in [-0.39, 0.29) is 5.78 Å². The van der Waals surface area contributed by atoms with E-state index < -0.39 is 6.10 Å². The second kappa shape index (κ2) is 6.64. The van der Waals surface area contributed by atoms with Crippen molar-refractivity contribution in [1.82, 2.24) is 5.32 Å². The highest BCUT2D eigenvalue weighted by atomic mass is 35.5. The van der Waals surface area contributed by atoms with Gasteiger partial charge in [0.15, 0.2) is 12.0 Å². The second-order valence-electron chi connectivity index (χ2n) is 4.91. The van der Waals surface area contributed by atoms with E-state index in [1.807, 2.05) is 24.4 Å². The first-order valence-electron chi connectivity index (χ1n) is 7.24. The van der Waals surface area contributed by atoms with Crippen LogP contribution in [0.15, 0.2) is 41.6 Å². The molecule has 1 aromatic heterocycles. The largest absolute Gasteiger partial charge is 0.493 e. The summed E-state index contributed by atoms with van der Waals surface area (Å²) in [5.41, 5.74) is 1.12. The molecule has 2 aromatic rings. The third-order valence-corrected chi connectivity index (χ3v) is 4.64. The number of hydrogen-bond donors (Lipinski definition) is 1. The zero-order valence-corrected chi connectivity index (χ0v) is 14.3. The zero-order chi connectivity index (χ0) is 16.4. The molecule has 0 fully saturated rings. The van der Waals surface area contributed by atoms with Crippen LogP contribution in [0.25, 0.3) is 5.57 Å². The molecule has 4 nitrogen and oxygen atoms in total. The third kappa shape index (κ3) is 2.94. The van der Waals surface area contributed by atoms with Crippen LogP contribution in [0.4, 0.5) is 0 Å². The maximum atomic E-state index is 12.9. The molecule has 0 saturated heterocycles. The Balaban J connectivity index is 2.07. The van der Waals surface area contributed by atoms with Crippen LogP contribution in [0.1, 0.15) is 23.5 Å². The van der Waals surface area contributed by atoms with Gasteiger partial charge in [-0.05, 0) is 36.6 Å². The monoisotopic (exact) mass is 349 g/mol. The van der Waals surface area contributed by atoms with E-state index in [0.29, 0.717) is 34.4 Å². The van der Waals surface area contributed by atoms with Gasteiger partial charge in [0.25, 0.3) is 0 Å². The molecule has 1 unspecified atom stereocenters. The molecular formula is C17H16ClNO3S. The number of hydrogen-bond acceptors (Lipinski definition) is 5. The molecule has 1 aliphatic heterocycles. The van der Waals surface area contributed by atoms with Crippen LogP contribution >= 0.6 is 22.9 Å². The number of ketones is 1. The van der Waals surface area contributed by atoms with Crippen molar-refractivity contribution in [2.24, 2.45) is 0 Å². The first kappa shape index (κ1) is 15.9. The fourth-order valence-corrected chi connectivity index (χ4v) is 3.44. The number of ether oxygens (including phenoxy) is 2. The molecule has 2 heterocycles. The SMILES string of the molecule is CCOc1ccc(Cl)cc1C1=C(NC)OC(c2cccs2)C1=O. The lowest BCUT2D eigenvalue weighted by atomic mass is 9.99. The second-order valence-corrected chi connectivity index (χ2v) is 6.32. The Bertz CT molecular complexity index is 755. The van der Waals surface area contributed by atoms with E-state index in [2.05, 4.69) is 5.32 Å². The lowest BCUT2D eigenvalue weighted by molar-refractivity contribution is -0.120. The lowest BCUT2D eigenvalue weighted by Gasteiger charge is -2.11. The molecule has 0 aliphatic carbocycles. The maximum Gasteiger partial charge on any atom is 0.214 e. The van der Waals surface area contributed by atoms with Crippen LogP contribution in [0.2, 0.25) is 5.02 Å². The van der Waals surface area contributed by atoms with Gasteiger partial charge in [0.2, 0.25) is 5.78 Å². The standard InChI is InChI=1S/C17H16ClNO3S/c1-3-21-12-7-6-10(18)9-11(12)14-15(20)16(22-17(14)19-2)13-5-4-8-23-13/h4-9,16,19H,3H2,1-2H3. The minimum Gasteiger partial charge on any atom is -0.493 e. The summed E-state index contributed by atoms with van der Waals surface area (Å²) >= 11 is 7.62. The summed E-state index contributed by atoms with van der Waals surface area (Å²) in [5.74, 6) is 0.958. The van der Waals surface area contributed by atoms with Gasteiger partial charge in [-0.3, -0.25) is 4.79 Å². The Morgan fingerprint density at radius 2 is 2.22 bits per heavy atom. The van der Waals surface area contributed by atoms with Gasteiger partial charge >= 0.3 is 0 Å². The Hall–Kier alpha value is -1.98. The molecule has 1 atom stereocenters. The Labute approximate surface area is 143 Å². The minimum absolute atomic E-state index is 0.0972. The van der Waals surface area contributed by atoms with E-state index in [1.165, 1.54) is 11.3 Å². The number of thiophene rings is 1. The molecule has 0 spiro atoms. The number of Topliss-reactive ketones (excluding diaryl/α,β-unsaturated/α-hetero) is 1. The highest BCUT2D eigenvalue weighted by molar-refractivity contribution is 7.10. The quantitative estimate of drug-likeness (QED) is 0.885. The van der Waals surface area contributed by atoms with Gasteiger partial charge in [-0.1, -0.05) is 17.7 Å². The van der Waals surface area contributed by atoms with Crippen LogP contribution in [0.5, 0.6) is 5.75 Å². The molecule has 120 valence electrons. The van der Waals surface area contributed by atoms with Crippen LogP contribution < -0.4 is 10.1 Å². The van der Waals surface area contributed by atoms with Crippen molar-refractivity contribution in [2.75, 3.05) is 13.7 Å². The Morgan fingerprint density at radius 1 is 1.39 bits per heavy atom. The number of nitrogens with one attached hydrogen (secondary N) is 1. The fourth-order valence-electron chi connectivity index (χ4n) is 2.52. The molecule has 6 heteroatoms. The lowest BCUT2D eigenvalue weighted by Crippen LogP contribution is -2.09. The van der Waals surface area contributed by atoms with Crippen molar-refractivity contribution in [3.63, 3.8) is 0 Å². The molecule has 1 aromatic carbocycles. The van der Waals surface area contributed by atoms with Gasteiger partial charge in [0.1, 0.15) is 5.75 Å². The van der Waals surface area contributed by atoms with Gasteiger partial charge in [0.05, 0.1) is 17.1 Å². The number of carbonyl (C=O) groups excluding carboxylic acids is 1. The van der Waals surface area contributed by atoms with E-state index in [0.717, 1.165) is 4.88 Å². The molecule has 3 rings (SSSR count). The normalized spacial score (nSPS) is 17.3. The number of benzene rings is 1. The van der Waals surface area contributed by atoms with E-state index in [4.69, 9.17) is 21.1 Å². The fraction of sp³-hybridized carbons (Fsp3) is 0.235. The smallest absolute Gasteiger partial charge is 0.214 e. The topological polar surface area (TPSA) is 47.6 Å². The summed E-state index contributed by atoms with van der Waals surface area (Å²) in [5, 5.41) is 5.43. The zero-order valence-electron chi connectivity index (χ0n) is 12.8. The Kier molecular flexibility index (Phi) is 4.59. The molecular weight excluding hydrogens is 334 g/mol. The van der Waals surface area contributed by atoms with Gasteiger partial charge < -0.3 is 14.8 Å². The summed E-state index contributed by atoms with van der Waals surface area (Å²) in [7, 11) is 1.73. The summed E-state index contributed by atoms with van der Waals surface area (Å²) < 4.78 is 11.5. The summed E-state index contributed by atoms with van der Waals surface area (Å²) in [4.78, 5) is 13.8. The molecule has 1 N–H and O–H groups in total. The van der Waals surface area contributed by atoms with Gasteiger partial charge in [-0.2, -0.15) is 0 Å². The van der Waals surface area contributed by atoms with Crippen molar-refractivity contribution in [2.45, 2.75) is 13.0 Å². The molecule has 0 saturated carbocycles. The molecule has 1 aliphatic rings. The number of carbonyl (C=O) groups is 1. The van der Waals surface area contributed by atoms with Crippen molar-refractivity contribution < 1.29 is 14.3 Å². The summed E-state index contributed by atoms with van der Waals surface area (Å²) in [6.07, 6.45) is -0.624. The molecule has 0 radical (unpaired) electrons. The van der Waals surface area contributed by atoms with E-state index >= 15 is 0 Å². The Morgan fingerprint density at radius 3 is 2.87 bits per heavy atom. The first-order chi connectivity index (χ1) is 11.2. The third-order valence-electron chi connectivity index (χ3n) is 3.49. The van der Waals surface area contributed by atoms with Crippen LogP contribution in [0.3, 0.4) is 0 Å². The average Bonchev–Trinajstić information content (AvgIpc) is 3.16. The van der Waals surface area contributed by atoms with Crippen molar-refractivity contribution in [3.8, 4) is 5.75 Å². The van der Waals surface area contributed by atoms with E-state index in [9.17, 15) is 4.79 Å². The summed E-state index contributed by atoms with van der Waals surface area (Å²) in [6, 6.07) is 9.04. The van der Waals surface area contributed by atoms with Crippen molar-refractivity contribution in [3.05, 3.63) is 57.1 Å². The highest BCUT2D eigenvalue weighted by Gasteiger charge is 2.38. The van der Waals surface area contributed by atoms with Gasteiger partial charge in [0, 0.05) is 17.6 Å². The predicted octanol–water partition coefficient (Wildman–Crippen LogP) is 4.03. The van der Waals surface area contributed by atoms with Crippen LogP contribution in [0, 0.1) is 0 Å². The van der Waals surface area contributed by atoms with Crippen molar-refractivity contribution >= 4 is 34.3 Å². The summed E-state index contributed by atoms with van der Waals surface area (Å²) in [6.45, 7) is 2.40. The van der Waals surface area contributed by atoms with Crippen LogP contribution in [-0.4, -0.2) is 19.4 Å². The van der Waals surface area contributed by atoms with E-state index in [1.54, 1.807) is 25.2 Å². The van der Waals surface area contributed by atoms with Crippen LogP contribution in [-0.2, 0) is 9.53 Å². The minimum atomic E-state index is -0.624. The molecule has 0 amide bonds. The number of rotatable bonds is 5. The maximum absolute atomic E-state index is 12.9. The van der Waals surface area contributed by atoms with Gasteiger partial charge in [-0.25, -0.2) is 0 Å². The van der Waals surface area contributed by atoms with Gasteiger partial charge in [-0.15, -0.1) is 11.3 Å². The molecule has 23 heavy (non-hydrogen) atoms.